The van der Waals surface area contributed by atoms with Crippen LogP contribution < -0.4 is 5.32 Å². The zero-order valence-electron chi connectivity index (χ0n) is 13.3. The van der Waals surface area contributed by atoms with E-state index >= 15 is 0 Å². The number of likely N-dealkylation sites (N-methyl/N-ethyl adjacent to an activating group) is 1. The van der Waals surface area contributed by atoms with Gasteiger partial charge in [0.05, 0.1) is 0 Å². The van der Waals surface area contributed by atoms with Crippen LogP contribution in [0.25, 0.3) is 0 Å². The van der Waals surface area contributed by atoms with Crippen LogP contribution in [-0.2, 0) is 24.7 Å². The molecule has 7 nitrogen and oxygen atoms in total. The summed E-state index contributed by atoms with van der Waals surface area (Å²) in [5, 5.41) is 11.1. The Balaban J connectivity index is 1.90. The van der Waals surface area contributed by atoms with Gasteiger partial charge in [-0.05, 0) is 14.0 Å². The molecule has 116 valence electrons. The van der Waals surface area contributed by atoms with Crippen LogP contribution in [0.15, 0.2) is 9.05 Å². The molecule has 0 saturated heterocycles. The summed E-state index contributed by atoms with van der Waals surface area (Å²) in [4.78, 5) is 8.75. The molecule has 0 amide bonds. The van der Waals surface area contributed by atoms with E-state index in [1.54, 1.807) is 0 Å². The molecule has 21 heavy (non-hydrogen) atoms. The topological polar surface area (TPSA) is 89.9 Å². The van der Waals surface area contributed by atoms with E-state index in [9.17, 15) is 0 Å². The second-order valence-corrected chi connectivity index (χ2v) is 6.26. The fraction of sp³-hybridized carbons (Fsp3) is 0.714. The van der Waals surface area contributed by atoms with Crippen molar-refractivity contribution in [3.8, 4) is 0 Å². The van der Waals surface area contributed by atoms with Gasteiger partial charge in [0.25, 0.3) is 0 Å². The number of nitrogens with zero attached hydrogens (tertiary/aromatic N) is 4. The Morgan fingerprint density at radius 3 is 2.24 bits per heavy atom. The van der Waals surface area contributed by atoms with Crippen LogP contribution in [0.5, 0.6) is 0 Å². The molecule has 0 bridgehead atoms. The number of hydrogen-bond acceptors (Lipinski definition) is 7. The summed E-state index contributed by atoms with van der Waals surface area (Å²) in [5.41, 5.74) is -0.108. The van der Waals surface area contributed by atoms with Gasteiger partial charge in [-0.1, -0.05) is 31.1 Å². The molecule has 0 aromatic carbocycles. The van der Waals surface area contributed by atoms with Gasteiger partial charge in [-0.25, -0.2) is 0 Å². The Morgan fingerprint density at radius 2 is 1.67 bits per heavy atom. The fourth-order valence-corrected chi connectivity index (χ4v) is 1.73. The van der Waals surface area contributed by atoms with Crippen LogP contribution in [0.4, 0.5) is 0 Å². The Hall–Kier alpha value is -1.76. The molecule has 7 heteroatoms. The minimum absolute atomic E-state index is 0.108. The SMILES string of the molecule is CNC(C)Cc1noc(CCc2nc(C(C)(C)C)no2)n1. The van der Waals surface area contributed by atoms with Crippen LogP contribution in [-0.4, -0.2) is 33.4 Å². The van der Waals surface area contributed by atoms with Crippen molar-refractivity contribution in [2.24, 2.45) is 0 Å². The van der Waals surface area contributed by atoms with Crippen molar-refractivity contribution >= 4 is 0 Å². The number of rotatable bonds is 6. The second kappa shape index (κ2) is 6.34. The van der Waals surface area contributed by atoms with Gasteiger partial charge in [-0.15, -0.1) is 0 Å². The molecule has 1 unspecified atom stereocenters. The van der Waals surface area contributed by atoms with Crippen molar-refractivity contribution in [2.45, 2.75) is 58.4 Å². The standard InChI is InChI=1S/C14H23N5O2/c1-9(15-5)8-10-16-11(20-18-10)6-7-12-17-13(19-21-12)14(2,3)4/h9,15H,6-8H2,1-5H3. The Bertz CT molecular complexity index is 570. The Kier molecular flexibility index (Phi) is 4.72. The first-order valence-corrected chi connectivity index (χ1v) is 7.20. The molecular formula is C14H23N5O2. The highest BCUT2D eigenvalue weighted by Gasteiger charge is 2.21. The summed E-state index contributed by atoms with van der Waals surface area (Å²) >= 11 is 0. The van der Waals surface area contributed by atoms with Gasteiger partial charge in [0.1, 0.15) is 0 Å². The summed E-state index contributed by atoms with van der Waals surface area (Å²) in [6.45, 7) is 8.22. The molecule has 2 rings (SSSR count). The van der Waals surface area contributed by atoms with E-state index in [4.69, 9.17) is 9.05 Å². The van der Waals surface area contributed by atoms with Gasteiger partial charge in [-0.2, -0.15) is 9.97 Å². The molecule has 0 spiro atoms. The van der Waals surface area contributed by atoms with E-state index in [0.29, 0.717) is 42.3 Å². The first-order chi connectivity index (χ1) is 9.88. The van der Waals surface area contributed by atoms with Gasteiger partial charge < -0.3 is 14.4 Å². The number of hydrogen-bond donors (Lipinski definition) is 1. The highest BCUT2D eigenvalue weighted by atomic mass is 16.5. The molecule has 2 aromatic heterocycles. The molecule has 1 N–H and O–H groups in total. The lowest BCUT2D eigenvalue weighted by Crippen LogP contribution is -2.24. The highest BCUT2D eigenvalue weighted by molar-refractivity contribution is 5.00. The Labute approximate surface area is 124 Å². The summed E-state index contributed by atoms with van der Waals surface area (Å²) in [6.07, 6.45) is 1.95. The van der Waals surface area contributed by atoms with Crippen molar-refractivity contribution in [2.75, 3.05) is 7.05 Å². The fourth-order valence-electron chi connectivity index (χ4n) is 1.73. The lowest BCUT2D eigenvalue weighted by Gasteiger charge is -2.10. The van der Waals surface area contributed by atoms with Gasteiger partial charge in [0.15, 0.2) is 11.6 Å². The maximum absolute atomic E-state index is 5.24. The quantitative estimate of drug-likeness (QED) is 0.866. The average Bonchev–Trinajstić information content (AvgIpc) is 3.04. The van der Waals surface area contributed by atoms with E-state index in [-0.39, 0.29) is 5.41 Å². The maximum atomic E-state index is 5.24. The normalized spacial score (nSPS) is 13.6. The monoisotopic (exact) mass is 293 g/mol. The molecule has 2 aromatic rings. The van der Waals surface area contributed by atoms with Crippen LogP contribution in [0.2, 0.25) is 0 Å². The van der Waals surface area contributed by atoms with Crippen LogP contribution in [0, 0.1) is 0 Å². The molecule has 0 aliphatic carbocycles. The van der Waals surface area contributed by atoms with Crippen molar-refractivity contribution < 1.29 is 9.05 Å². The molecule has 0 aliphatic rings. The lowest BCUT2D eigenvalue weighted by atomic mass is 9.96. The van der Waals surface area contributed by atoms with Gasteiger partial charge >= 0.3 is 0 Å². The predicted octanol–water partition coefficient (Wildman–Crippen LogP) is 1.69. The van der Waals surface area contributed by atoms with E-state index in [1.165, 1.54) is 0 Å². The zero-order chi connectivity index (χ0) is 15.5. The first-order valence-electron chi connectivity index (χ1n) is 7.20. The van der Waals surface area contributed by atoms with Gasteiger partial charge in [-0.3, -0.25) is 0 Å². The number of aryl methyl sites for hydroxylation is 2. The van der Waals surface area contributed by atoms with Crippen LogP contribution in [0.3, 0.4) is 0 Å². The van der Waals surface area contributed by atoms with Crippen LogP contribution in [0.1, 0.15) is 51.1 Å². The largest absolute Gasteiger partial charge is 0.339 e. The summed E-state index contributed by atoms with van der Waals surface area (Å²) in [6, 6.07) is 0.320. The Morgan fingerprint density at radius 1 is 1.05 bits per heavy atom. The van der Waals surface area contributed by atoms with Crippen molar-refractivity contribution in [3.63, 3.8) is 0 Å². The third kappa shape index (κ3) is 4.35. The molecule has 0 saturated carbocycles. The lowest BCUT2D eigenvalue weighted by molar-refractivity contribution is 0.345. The molecular weight excluding hydrogens is 270 g/mol. The molecule has 0 radical (unpaired) electrons. The summed E-state index contributed by atoms with van der Waals surface area (Å²) in [7, 11) is 1.91. The first kappa shape index (κ1) is 15.6. The van der Waals surface area contributed by atoms with Crippen molar-refractivity contribution in [1.82, 2.24) is 25.6 Å². The third-order valence-electron chi connectivity index (χ3n) is 3.18. The summed E-state index contributed by atoms with van der Waals surface area (Å²) < 4.78 is 10.5. The zero-order valence-corrected chi connectivity index (χ0v) is 13.3. The molecule has 0 aliphatic heterocycles. The third-order valence-corrected chi connectivity index (χ3v) is 3.18. The van der Waals surface area contributed by atoms with Crippen molar-refractivity contribution in [1.29, 1.82) is 0 Å². The minimum atomic E-state index is -0.108. The van der Waals surface area contributed by atoms with Crippen LogP contribution >= 0.6 is 0 Å². The predicted molar refractivity (Wildman–Crippen MR) is 76.9 cm³/mol. The van der Waals surface area contributed by atoms with E-state index < -0.39 is 0 Å². The minimum Gasteiger partial charge on any atom is -0.339 e. The van der Waals surface area contributed by atoms with E-state index in [2.05, 4.69) is 53.3 Å². The maximum Gasteiger partial charge on any atom is 0.227 e. The number of aromatic nitrogens is 4. The summed E-state index contributed by atoms with van der Waals surface area (Å²) in [5.74, 6) is 2.63. The smallest absolute Gasteiger partial charge is 0.227 e. The van der Waals surface area contributed by atoms with Gasteiger partial charge in [0.2, 0.25) is 11.8 Å². The second-order valence-electron chi connectivity index (χ2n) is 6.26. The highest BCUT2D eigenvalue weighted by Crippen LogP contribution is 2.18. The average molecular weight is 293 g/mol. The molecule has 0 fully saturated rings. The molecule has 1 atom stereocenters. The number of nitrogens with one attached hydrogen (secondary N) is 1. The van der Waals surface area contributed by atoms with Gasteiger partial charge in [0, 0.05) is 30.7 Å². The van der Waals surface area contributed by atoms with Crippen molar-refractivity contribution in [3.05, 3.63) is 23.4 Å². The molecule has 2 heterocycles. The van der Waals surface area contributed by atoms with E-state index in [1.807, 2.05) is 7.05 Å². The van der Waals surface area contributed by atoms with E-state index in [0.717, 1.165) is 6.42 Å².